The number of ether oxygens (including phenoxy) is 4. The van der Waals surface area contributed by atoms with E-state index in [1.165, 1.54) is 0 Å². The third-order valence-corrected chi connectivity index (χ3v) is 2.43. The smallest absolute Gasteiger partial charge is 0.0994 e. The Morgan fingerprint density at radius 2 is 1.65 bits per heavy atom. The van der Waals surface area contributed by atoms with Gasteiger partial charge in [0.1, 0.15) is 0 Å². The summed E-state index contributed by atoms with van der Waals surface area (Å²) in [5.74, 6) is 0. The molecule has 0 aliphatic rings. The first-order chi connectivity index (χ1) is 8.29. The summed E-state index contributed by atoms with van der Waals surface area (Å²) in [5.41, 5.74) is 0. The molecule has 0 bridgehead atoms. The van der Waals surface area contributed by atoms with Gasteiger partial charge in [-0.3, -0.25) is 4.90 Å². The van der Waals surface area contributed by atoms with Gasteiger partial charge in [0.15, 0.2) is 0 Å². The second kappa shape index (κ2) is 12.3. The Hall–Kier alpha value is -0.200. The van der Waals surface area contributed by atoms with Crippen molar-refractivity contribution in [2.45, 2.75) is 19.9 Å². The van der Waals surface area contributed by atoms with Crippen molar-refractivity contribution in [2.75, 3.05) is 60.5 Å². The fraction of sp³-hybridized carbons (Fsp3) is 1.00. The van der Waals surface area contributed by atoms with E-state index >= 15 is 0 Å². The van der Waals surface area contributed by atoms with Crippen LogP contribution >= 0.6 is 0 Å². The highest BCUT2D eigenvalue weighted by Gasteiger charge is 2.18. The van der Waals surface area contributed by atoms with Crippen molar-refractivity contribution in [3.8, 4) is 0 Å². The lowest BCUT2D eigenvalue weighted by molar-refractivity contribution is -0.0472. The molecule has 1 atom stereocenters. The van der Waals surface area contributed by atoms with Crippen LogP contribution in [0.1, 0.15) is 13.8 Å². The highest BCUT2D eigenvalue weighted by atomic mass is 16.5. The first-order valence-corrected chi connectivity index (χ1v) is 6.17. The maximum absolute atomic E-state index is 5.47. The Labute approximate surface area is 105 Å². The monoisotopic (exact) mass is 249 g/mol. The highest BCUT2D eigenvalue weighted by molar-refractivity contribution is 4.69. The number of nitrogens with zero attached hydrogens (tertiary/aromatic N) is 1. The molecule has 0 aliphatic carbocycles. The third kappa shape index (κ3) is 8.51. The summed E-state index contributed by atoms with van der Waals surface area (Å²) in [6.07, 6.45) is 0. The summed E-state index contributed by atoms with van der Waals surface area (Å²) in [5, 5.41) is 0. The minimum absolute atomic E-state index is 0.210. The molecule has 5 nitrogen and oxygen atoms in total. The van der Waals surface area contributed by atoms with Gasteiger partial charge in [-0.05, 0) is 13.8 Å². The van der Waals surface area contributed by atoms with E-state index in [1.807, 2.05) is 13.8 Å². The fourth-order valence-corrected chi connectivity index (χ4v) is 1.47. The van der Waals surface area contributed by atoms with Crippen LogP contribution in [0.15, 0.2) is 0 Å². The van der Waals surface area contributed by atoms with Gasteiger partial charge in [0, 0.05) is 34.0 Å². The Morgan fingerprint density at radius 1 is 0.941 bits per heavy atom. The lowest BCUT2D eigenvalue weighted by Gasteiger charge is -2.30. The van der Waals surface area contributed by atoms with Crippen LogP contribution in [0.5, 0.6) is 0 Å². The minimum atomic E-state index is 0.210. The van der Waals surface area contributed by atoms with E-state index in [-0.39, 0.29) is 6.04 Å². The standard InChI is InChI=1S/C12H27NO4/c1-5-16-10-12(9-15-4)13(7-8-14-3)11-17-6-2/h12H,5-11H2,1-4H3. The zero-order valence-electron chi connectivity index (χ0n) is 11.6. The van der Waals surface area contributed by atoms with E-state index in [1.54, 1.807) is 14.2 Å². The normalized spacial score (nSPS) is 13.2. The summed E-state index contributed by atoms with van der Waals surface area (Å²) >= 11 is 0. The largest absolute Gasteiger partial charge is 0.383 e. The van der Waals surface area contributed by atoms with Crippen molar-refractivity contribution in [3.05, 3.63) is 0 Å². The minimum Gasteiger partial charge on any atom is -0.383 e. The van der Waals surface area contributed by atoms with Gasteiger partial charge in [-0.1, -0.05) is 0 Å². The van der Waals surface area contributed by atoms with E-state index in [0.29, 0.717) is 39.8 Å². The second-order valence-electron chi connectivity index (χ2n) is 3.70. The lowest BCUT2D eigenvalue weighted by atomic mass is 10.3. The molecule has 0 rings (SSSR count). The highest BCUT2D eigenvalue weighted by Crippen LogP contribution is 2.02. The molecule has 0 fully saturated rings. The molecule has 0 amide bonds. The van der Waals surface area contributed by atoms with Crippen molar-refractivity contribution < 1.29 is 18.9 Å². The molecule has 104 valence electrons. The van der Waals surface area contributed by atoms with E-state index < -0.39 is 0 Å². The molecule has 17 heavy (non-hydrogen) atoms. The summed E-state index contributed by atoms with van der Waals surface area (Å²) in [6, 6.07) is 0.210. The SMILES string of the molecule is CCOCC(COC)N(CCOC)COCC. The molecule has 1 unspecified atom stereocenters. The van der Waals surface area contributed by atoms with Gasteiger partial charge < -0.3 is 18.9 Å². The maximum Gasteiger partial charge on any atom is 0.0994 e. The second-order valence-corrected chi connectivity index (χ2v) is 3.70. The van der Waals surface area contributed by atoms with E-state index in [0.717, 1.165) is 6.54 Å². The Morgan fingerprint density at radius 3 is 2.18 bits per heavy atom. The van der Waals surface area contributed by atoms with Gasteiger partial charge in [-0.2, -0.15) is 0 Å². The Kier molecular flexibility index (Phi) is 12.1. The van der Waals surface area contributed by atoms with Crippen LogP contribution in [-0.4, -0.2) is 71.5 Å². The van der Waals surface area contributed by atoms with Crippen molar-refractivity contribution in [1.29, 1.82) is 0 Å². The summed E-state index contributed by atoms with van der Waals surface area (Å²) in [4.78, 5) is 2.19. The van der Waals surface area contributed by atoms with Crippen LogP contribution < -0.4 is 0 Å². The Balaban J connectivity index is 4.20. The quantitative estimate of drug-likeness (QED) is 0.482. The van der Waals surface area contributed by atoms with E-state index in [4.69, 9.17) is 18.9 Å². The molecule has 0 aliphatic heterocycles. The van der Waals surface area contributed by atoms with Crippen LogP contribution in [0, 0.1) is 0 Å². The molecule has 5 heteroatoms. The third-order valence-electron chi connectivity index (χ3n) is 2.43. The lowest BCUT2D eigenvalue weighted by Crippen LogP contribution is -2.44. The van der Waals surface area contributed by atoms with Crippen molar-refractivity contribution in [1.82, 2.24) is 4.90 Å². The van der Waals surface area contributed by atoms with Gasteiger partial charge in [0.05, 0.1) is 32.6 Å². The molecular weight excluding hydrogens is 222 g/mol. The topological polar surface area (TPSA) is 40.2 Å². The van der Waals surface area contributed by atoms with Crippen LogP contribution in [0.4, 0.5) is 0 Å². The summed E-state index contributed by atoms with van der Waals surface area (Å²) in [7, 11) is 3.40. The van der Waals surface area contributed by atoms with E-state index in [9.17, 15) is 0 Å². The first-order valence-electron chi connectivity index (χ1n) is 6.17. The molecular formula is C12H27NO4. The summed E-state index contributed by atoms with van der Waals surface area (Å²) < 4.78 is 21.3. The number of hydrogen-bond donors (Lipinski definition) is 0. The van der Waals surface area contributed by atoms with Gasteiger partial charge in [0.25, 0.3) is 0 Å². The van der Waals surface area contributed by atoms with Gasteiger partial charge >= 0.3 is 0 Å². The zero-order chi connectivity index (χ0) is 12.9. The predicted molar refractivity (Wildman–Crippen MR) is 67.2 cm³/mol. The van der Waals surface area contributed by atoms with Crippen LogP contribution in [-0.2, 0) is 18.9 Å². The van der Waals surface area contributed by atoms with Crippen LogP contribution in [0.3, 0.4) is 0 Å². The fourth-order valence-electron chi connectivity index (χ4n) is 1.47. The molecule has 0 saturated carbocycles. The van der Waals surface area contributed by atoms with Gasteiger partial charge in [-0.25, -0.2) is 0 Å². The molecule has 0 heterocycles. The average Bonchev–Trinajstić information content (AvgIpc) is 2.35. The first kappa shape index (κ1) is 16.8. The van der Waals surface area contributed by atoms with Gasteiger partial charge in [0.2, 0.25) is 0 Å². The molecule has 0 radical (unpaired) electrons. The molecule has 0 aromatic heterocycles. The van der Waals surface area contributed by atoms with E-state index in [2.05, 4.69) is 4.90 Å². The molecule has 0 aromatic carbocycles. The average molecular weight is 249 g/mol. The molecule has 0 N–H and O–H groups in total. The summed E-state index contributed by atoms with van der Waals surface area (Å²) in [6.45, 7) is 8.77. The van der Waals surface area contributed by atoms with Crippen molar-refractivity contribution in [3.63, 3.8) is 0 Å². The van der Waals surface area contributed by atoms with Crippen molar-refractivity contribution >= 4 is 0 Å². The number of methoxy groups -OCH3 is 2. The number of rotatable bonds is 12. The number of hydrogen-bond acceptors (Lipinski definition) is 5. The maximum atomic E-state index is 5.47. The zero-order valence-corrected chi connectivity index (χ0v) is 11.6. The molecule has 0 saturated heterocycles. The van der Waals surface area contributed by atoms with Gasteiger partial charge in [-0.15, -0.1) is 0 Å². The van der Waals surface area contributed by atoms with Crippen LogP contribution in [0.2, 0.25) is 0 Å². The van der Waals surface area contributed by atoms with Crippen LogP contribution in [0.25, 0.3) is 0 Å². The molecule has 0 aromatic rings. The Bertz CT molecular complexity index is 149. The molecule has 0 spiro atoms. The van der Waals surface area contributed by atoms with Crippen molar-refractivity contribution in [2.24, 2.45) is 0 Å². The predicted octanol–water partition coefficient (Wildman–Crippen LogP) is 0.980.